The third kappa shape index (κ3) is 35.8. The number of ether oxygens (including phenoxy) is 3. The van der Waals surface area contributed by atoms with Gasteiger partial charge in [0.05, 0.1) is 22.5 Å². The van der Waals surface area contributed by atoms with Crippen LogP contribution in [0.4, 0.5) is 0 Å². The number of allylic oxidation sites excluding steroid dienone is 1. The summed E-state index contributed by atoms with van der Waals surface area (Å²) in [6.45, 7) is 34.3. The van der Waals surface area contributed by atoms with E-state index in [1.807, 2.05) is 41.5 Å². The summed E-state index contributed by atoms with van der Waals surface area (Å²) in [6.07, 6.45) is 10.5. The Labute approximate surface area is 461 Å². The van der Waals surface area contributed by atoms with Crippen LogP contribution in [0.25, 0.3) is 0 Å². The van der Waals surface area contributed by atoms with Crippen LogP contribution >= 0.6 is 46.4 Å². The Morgan fingerprint density at radius 2 is 0.871 bits per heavy atom. The first-order chi connectivity index (χ1) is 31.1. The van der Waals surface area contributed by atoms with Crippen molar-refractivity contribution in [3.05, 3.63) is 24.3 Å². The maximum atomic E-state index is 12.0. The van der Waals surface area contributed by atoms with Gasteiger partial charge in [0.15, 0.2) is 5.78 Å². The number of hydrogen-bond acceptors (Lipinski definition) is 13. The molecule has 0 amide bonds. The number of carbonyl (C=O) groups is 6. The number of aliphatic hydroxyl groups excluding tert-OH is 2. The quantitative estimate of drug-likeness (QED) is 0.0273. The molecule has 3 aliphatic carbocycles. The molecule has 0 aliphatic heterocycles. The summed E-state index contributed by atoms with van der Waals surface area (Å²) in [7, 11) is 0. The van der Waals surface area contributed by atoms with Crippen molar-refractivity contribution in [2.75, 3.05) is 11.8 Å². The second kappa shape index (κ2) is 37.4. The van der Waals surface area contributed by atoms with Crippen molar-refractivity contribution in [1.29, 1.82) is 0 Å². The number of hydrogen-bond donors (Lipinski definition) is 4. The molecule has 70 heavy (non-hydrogen) atoms. The number of halogens is 4. The van der Waals surface area contributed by atoms with E-state index in [2.05, 4.69) is 13.2 Å². The molecule has 3 fully saturated rings. The summed E-state index contributed by atoms with van der Waals surface area (Å²) in [5.41, 5.74) is -2.92. The molecule has 3 aliphatic rings. The molecule has 0 aromatic heterocycles. The van der Waals surface area contributed by atoms with Crippen molar-refractivity contribution in [3.63, 3.8) is 0 Å². The van der Waals surface area contributed by atoms with E-state index in [0.717, 1.165) is 102 Å². The smallest absolute Gasteiger partial charge is 1.00 e. The predicted molar refractivity (Wildman–Crippen MR) is 288 cm³/mol. The molecule has 18 heteroatoms. The average molecular weight is 1090 g/mol. The maximum absolute atomic E-state index is 12.0. The molecule has 4 unspecified atom stereocenters. The van der Waals surface area contributed by atoms with Gasteiger partial charge < -0.3 is 37.5 Å². The van der Waals surface area contributed by atoms with Gasteiger partial charge in [-0.15, -0.1) is 23.2 Å². The van der Waals surface area contributed by atoms with Gasteiger partial charge in [0, 0.05) is 28.3 Å². The van der Waals surface area contributed by atoms with Crippen LogP contribution in [0.5, 0.6) is 0 Å². The topological polar surface area (TPSA) is 211 Å². The number of unbranched alkanes of at least 4 members (excludes halogenated alkanes) is 1. The Bertz CT molecular complexity index is 1560. The van der Waals surface area contributed by atoms with Crippen molar-refractivity contribution in [2.24, 2.45) is 16.2 Å². The molecule has 410 valence electrons. The van der Waals surface area contributed by atoms with E-state index < -0.39 is 63.3 Å². The van der Waals surface area contributed by atoms with Crippen LogP contribution in [0.2, 0.25) is 0 Å². The van der Waals surface area contributed by atoms with Gasteiger partial charge in [-0.25, -0.2) is 4.79 Å². The molecule has 3 rings (SSSR count). The Hall–Kier alpha value is -1.33. The van der Waals surface area contributed by atoms with E-state index in [9.17, 15) is 39.0 Å². The molecule has 4 N–H and O–H groups in total. The zero-order chi connectivity index (χ0) is 55.4. The SMILES string of the molecule is C=C(C)C(=O)Cl.C=C(C)C(=O)OC1(C(C)OC(=O)C(C)(C)C)CCCC1.CC(=O)C(C)O.CC(C)(C)C(=O)Cl.CC(O)C1(O)CCCC1.CC(OC(=O)C(C)(C)C)C1(O)CCCC1.ClCCCCCl.[H-].[H-].[Mg+2]. The summed E-state index contributed by atoms with van der Waals surface area (Å²) in [5.74, 6) is 0.373. The number of alkyl halides is 2. The van der Waals surface area contributed by atoms with Crippen LogP contribution in [0.15, 0.2) is 24.3 Å². The van der Waals surface area contributed by atoms with Crippen molar-refractivity contribution in [3.8, 4) is 0 Å². The fourth-order valence-corrected chi connectivity index (χ4v) is 6.09. The molecule has 0 aromatic carbocycles. The van der Waals surface area contributed by atoms with Crippen molar-refractivity contribution >= 4 is 104 Å². The number of esters is 3. The molecule has 0 aromatic rings. The van der Waals surface area contributed by atoms with Crippen LogP contribution in [0.3, 0.4) is 0 Å². The average Bonchev–Trinajstić information content (AvgIpc) is 4.00. The number of rotatable bonds is 12. The third-order valence-electron chi connectivity index (χ3n) is 11.1. The number of carbonyl (C=O) groups excluding carboxylic acids is 6. The molecular formula is C52H94Cl4MgO13. The van der Waals surface area contributed by atoms with E-state index in [1.165, 1.54) is 13.8 Å². The summed E-state index contributed by atoms with van der Waals surface area (Å²) in [5, 5.41) is 36.3. The van der Waals surface area contributed by atoms with Crippen molar-refractivity contribution in [1.82, 2.24) is 0 Å². The molecule has 3 saturated carbocycles. The second-order valence-corrected chi connectivity index (χ2v) is 22.7. The van der Waals surface area contributed by atoms with E-state index in [1.54, 1.807) is 55.4 Å². The van der Waals surface area contributed by atoms with Crippen LogP contribution in [0, 0.1) is 16.2 Å². The predicted octanol–water partition coefficient (Wildman–Crippen LogP) is 11.5. The minimum atomic E-state index is -0.791. The van der Waals surface area contributed by atoms with Crippen LogP contribution in [0.1, 0.15) is 204 Å². The molecular weight excluding hydrogens is 999 g/mol. The zero-order valence-electron chi connectivity index (χ0n) is 47.7. The molecule has 0 saturated heterocycles. The first-order valence-electron chi connectivity index (χ1n) is 23.9. The Kier molecular flexibility index (Phi) is 41.4. The summed E-state index contributed by atoms with van der Waals surface area (Å²) < 4.78 is 16.5. The molecule has 0 heterocycles. The Morgan fingerprint density at radius 3 is 1.09 bits per heavy atom. The molecule has 4 atom stereocenters. The van der Waals surface area contributed by atoms with Gasteiger partial charge >= 0.3 is 41.0 Å². The van der Waals surface area contributed by atoms with Crippen molar-refractivity contribution < 1.29 is 66.3 Å². The molecule has 0 bridgehead atoms. The largest absolute Gasteiger partial charge is 2.00 e. The molecule has 13 nitrogen and oxygen atoms in total. The van der Waals surface area contributed by atoms with Gasteiger partial charge in [0.1, 0.15) is 29.5 Å². The minimum absolute atomic E-state index is 0. The summed E-state index contributed by atoms with van der Waals surface area (Å²) in [6, 6.07) is 0. The van der Waals surface area contributed by atoms with Gasteiger partial charge in [-0.05, 0) is 177 Å². The minimum Gasteiger partial charge on any atom is -1.00 e. The summed E-state index contributed by atoms with van der Waals surface area (Å²) in [4.78, 5) is 65.4. The van der Waals surface area contributed by atoms with E-state index >= 15 is 0 Å². The van der Waals surface area contributed by atoms with E-state index in [-0.39, 0.29) is 54.3 Å². The number of ketones is 1. The van der Waals surface area contributed by atoms with Crippen LogP contribution < -0.4 is 0 Å². The molecule has 0 spiro atoms. The fraction of sp³-hybridized carbons (Fsp3) is 0.808. The zero-order valence-corrected chi connectivity index (χ0v) is 50.2. The maximum Gasteiger partial charge on any atom is 2.00 e. The van der Waals surface area contributed by atoms with Crippen LogP contribution in [-0.4, -0.2) is 131 Å². The standard InChI is InChI=1S/C16H26O4.C12H22O3.C7H14O2.C5H9ClO.C4H8Cl2.C4H5ClO.C4H8O2.Mg.2H/c1-11(2)13(17)20-16(9-7-8-10-16)12(3)19-14(18)15(4,5)6;1-9(12(14)7-5-6-8-12)15-10(13)11(2,3)4;1-6(8)7(9)4-2-3-5-7;1-5(2,3)4(6)7;5-3-1-2-4-6;1-3(2)4(5)6;1-3(5)4(2)6;;;/h12H,1,7-10H2,2-6H3;9,14H,5-8H2,1-4H3;6,8-9H,2-5H2,1H3;1-3H3;1-4H2;1H2,2H3;3,5H,1-2H3;;;/q;;;;;;;+2;2*-1. The monoisotopic (exact) mass is 1090 g/mol. The van der Waals surface area contributed by atoms with Gasteiger partial charge in [-0.3, -0.25) is 24.0 Å². The van der Waals surface area contributed by atoms with Crippen molar-refractivity contribution in [2.45, 2.75) is 242 Å². The van der Waals surface area contributed by atoms with E-state index in [0.29, 0.717) is 11.1 Å². The van der Waals surface area contributed by atoms with Gasteiger partial charge in [0.2, 0.25) is 10.5 Å². The van der Waals surface area contributed by atoms with Gasteiger partial charge in [0.25, 0.3) is 0 Å². The van der Waals surface area contributed by atoms with Crippen LogP contribution in [-0.2, 0) is 43.0 Å². The molecule has 0 radical (unpaired) electrons. The Morgan fingerprint density at radius 1 is 0.586 bits per heavy atom. The van der Waals surface area contributed by atoms with E-state index in [4.69, 9.17) is 70.8 Å². The first-order valence-corrected chi connectivity index (χ1v) is 25.8. The summed E-state index contributed by atoms with van der Waals surface area (Å²) >= 11 is 20.6. The van der Waals surface area contributed by atoms with Gasteiger partial charge in [-0.1, -0.05) is 59.6 Å². The third-order valence-corrected chi connectivity index (χ3v) is 12.6. The fourth-order valence-electron chi connectivity index (χ4n) is 5.72. The normalized spacial score (nSPS) is 17.7. The Balaban J connectivity index is -0.000000144. The second-order valence-electron chi connectivity index (χ2n) is 21.3. The number of aliphatic hydroxyl groups is 4. The number of Topliss-reactive ketones (excluding diaryl/α,β-unsaturated/α-hetero) is 1. The first kappa shape index (κ1) is 77.6. The van der Waals surface area contributed by atoms with Gasteiger partial charge in [-0.2, -0.15) is 0 Å².